The molecular formula is C15H23NO4S. The molecule has 2 rings (SSSR count). The zero-order chi connectivity index (χ0) is 15.5. The normalized spacial score (nSPS) is 22.4. The van der Waals surface area contributed by atoms with E-state index in [1.807, 2.05) is 32.2 Å². The lowest BCUT2D eigenvalue weighted by molar-refractivity contribution is 0.126. The summed E-state index contributed by atoms with van der Waals surface area (Å²) in [6.07, 6.45) is 0.337. The lowest BCUT2D eigenvalue weighted by Crippen LogP contribution is -2.29. The molecule has 1 aliphatic rings. The van der Waals surface area contributed by atoms with Crippen molar-refractivity contribution >= 4 is 9.84 Å². The van der Waals surface area contributed by atoms with E-state index in [1.54, 1.807) is 7.11 Å². The molecule has 1 aromatic rings. The van der Waals surface area contributed by atoms with Crippen molar-refractivity contribution in [1.29, 1.82) is 0 Å². The van der Waals surface area contributed by atoms with Gasteiger partial charge in [0.15, 0.2) is 9.84 Å². The molecule has 21 heavy (non-hydrogen) atoms. The molecule has 2 atom stereocenters. The van der Waals surface area contributed by atoms with Gasteiger partial charge < -0.3 is 14.8 Å². The van der Waals surface area contributed by atoms with Gasteiger partial charge in [0.25, 0.3) is 0 Å². The maximum Gasteiger partial charge on any atom is 0.160 e. The molecule has 1 aromatic carbocycles. The van der Waals surface area contributed by atoms with Gasteiger partial charge in [-0.15, -0.1) is 0 Å². The molecule has 0 radical (unpaired) electrons. The molecule has 118 valence electrons. The first kappa shape index (κ1) is 16.3. The molecule has 0 amide bonds. The predicted octanol–water partition coefficient (Wildman–Crippen LogP) is 1.51. The number of ether oxygens (including phenoxy) is 2. The van der Waals surface area contributed by atoms with Crippen LogP contribution in [0.5, 0.6) is 5.75 Å². The van der Waals surface area contributed by atoms with Crippen LogP contribution in [0.15, 0.2) is 18.2 Å². The van der Waals surface area contributed by atoms with E-state index in [4.69, 9.17) is 9.47 Å². The molecule has 0 saturated carbocycles. The number of benzene rings is 1. The van der Waals surface area contributed by atoms with Gasteiger partial charge in [-0.3, -0.25) is 0 Å². The van der Waals surface area contributed by atoms with Crippen LogP contribution in [-0.2, 0) is 26.9 Å². The third kappa shape index (κ3) is 3.75. The molecule has 0 spiro atoms. The highest BCUT2D eigenvalue weighted by molar-refractivity contribution is 7.91. The Kier molecular flexibility index (Phi) is 5.24. The van der Waals surface area contributed by atoms with Gasteiger partial charge in [0.1, 0.15) is 5.75 Å². The quantitative estimate of drug-likeness (QED) is 0.862. The Morgan fingerprint density at radius 3 is 2.76 bits per heavy atom. The fraction of sp³-hybridized carbons (Fsp3) is 0.600. The van der Waals surface area contributed by atoms with Crippen LogP contribution < -0.4 is 10.1 Å². The van der Waals surface area contributed by atoms with Crippen LogP contribution in [0.4, 0.5) is 0 Å². The Labute approximate surface area is 126 Å². The van der Waals surface area contributed by atoms with Crippen molar-refractivity contribution < 1.29 is 17.9 Å². The van der Waals surface area contributed by atoms with Crippen molar-refractivity contribution in [3.63, 3.8) is 0 Å². The Balaban J connectivity index is 2.26. The number of sulfone groups is 1. The minimum Gasteiger partial charge on any atom is -0.496 e. The van der Waals surface area contributed by atoms with Gasteiger partial charge in [0.05, 0.1) is 24.2 Å². The first-order valence-corrected chi connectivity index (χ1v) is 8.83. The van der Waals surface area contributed by atoms with E-state index in [0.717, 1.165) is 5.56 Å². The Morgan fingerprint density at radius 2 is 2.19 bits per heavy atom. The minimum atomic E-state index is -3.25. The van der Waals surface area contributed by atoms with E-state index in [2.05, 4.69) is 5.32 Å². The molecule has 0 bridgehead atoms. The fourth-order valence-electron chi connectivity index (χ4n) is 2.77. The second kappa shape index (κ2) is 6.77. The lowest BCUT2D eigenvalue weighted by Gasteiger charge is -2.17. The molecule has 1 saturated heterocycles. The van der Waals surface area contributed by atoms with Crippen molar-refractivity contribution in [2.45, 2.75) is 37.0 Å². The smallest absolute Gasteiger partial charge is 0.160 e. The predicted molar refractivity (Wildman–Crippen MR) is 82.2 cm³/mol. The second-order valence-corrected chi connectivity index (χ2v) is 7.61. The molecule has 6 heteroatoms. The van der Waals surface area contributed by atoms with E-state index < -0.39 is 15.1 Å². The second-order valence-electron chi connectivity index (χ2n) is 5.39. The number of rotatable bonds is 6. The van der Waals surface area contributed by atoms with Crippen LogP contribution in [0.1, 0.15) is 24.5 Å². The van der Waals surface area contributed by atoms with Gasteiger partial charge in [-0.2, -0.15) is 0 Å². The summed E-state index contributed by atoms with van der Waals surface area (Å²) in [5, 5.41) is 2.64. The zero-order valence-corrected chi connectivity index (χ0v) is 13.6. The highest BCUT2D eigenvalue weighted by atomic mass is 32.2. The average Bonchev–Trinajstić information content (AvgIpc) is 2.86. The van der Waals surface area contributed by atoms with Crippen molar-refractivity contribution in [2.24, 2.45) is 0 Å². The van der Waals surface area contributed by atoms with Crippen molar-refractivity contribution in [3.05, 3.63) is 29.3 Å². The van der Waals surface area contributed by atoms with Crippen molar-refractivity contribution in [2.75, 3.05) is 20.8 Å². The van der Waals surface area contributed by atoms with Crippen LogP contribution in [0.2, 0.25) is 0 Å². The summed E-state index contributed by atoms with van der Waals surface area (Å²) in [5.41, 5.74) is 1.75. The number of hydrogen-bond acceptors (Lipinski definition) is 5. The molecule has 0 aromatic heterocycles. The van der Waals surface area contributed by atoms with Crippen LogP contribution in [0, 0.1) is 0 Å². The number of hydrogen-bond donors (Lipinski definition) is 1. The van der Waals surface area contributed by atoms with E-state index in [-0.39, 0.29) is 11.9 Å². The number of methoxy groups -OCH3 is 1. The van der Waals surface area contributed by atoms with Crippen molar-refractivity contribution in [1.82, 2.24) is 5.32 Å². The molecule has 5 nitrogen and oxygen atoms in total. The summed E-state index contributed by atoms with van der Waals surface area (Å²) < 4.78 is 35.9. The first-order chi connectivity index (χ1) is 9.97. The van der Waals surface area contributed by atoms with E-state index in [0.29, 0.717) is 30.9 Å². The summed E-state index contributed by atoms with van der Waals surface area (Å²) in [7, 11) is 0.167. The number of nitrogens with one attached hydrogen (secondary N) is 1. The summed E-state index contributed by atoms with van der Waals surface area (Å²) in [4.78, 5) is 0. The van der Waals surface area contributed by atoms with Gasteiger partial charge in [-0.05, 0) is 38.1 Å². The van der Waals surface area contributed by atoms with Crippen LogP contribution in [0.25, 0.3) is 0 Å². The molecule has 1 heterocycles. The zero-order valence-electron chi connectivity index (χ0n) is 12.8. The van der Waals surface area contributed by atoms with Gasteiger partial charge in [0, 0.05) is 18.7 Å². The monoisotopic (exact) mass is 313 g/mol. The molecular weight excluding hydrogens is 290 g/mol. The third-order valence-corrected chi connectivity index (χ3v) is 6.11. The topological polar surface area (TPSA) is 64.6 Å². The Bertz CT molecular complexity index is 585. The Hall–Kier alpha value is -1.11. The maximum atomic E-state index is 12.6. The fourth-order valence-corrected chi connectivity index (χ4v) is 4.76. The third-order valence-electron chi connectivity index (χ3n) is 3.85. The van der Waals surface area contributed by atoms with E-state index in [9.17, 15) is 8.42 Å². The Morgan fingerprint density at radius 1 is 1.43 bits per heavy atom. The minimum absolute atomic E-state index is 0.00784. The summed E-state index contributed by atoms with van der Waals surface area (Å²) in [6, 6.07) is 5.66. The molecule has 2 unspecified atom stereocenters. The van der Waals surface area contributed by atoms with Gasteiger partial charge >= 0.3 is 0 Å². The van der Waals surface area contributed by atoms with E-state index in [1.165, 1.54) is 0 Å². The maximum absolute atomic E-state index is 12.6. The lowest BCUT2D eigenvalue weighted by atomic mass is 10.1. The SMILES string of the molecule is CNCc1ccc(OC)c(CS(=O)(=O)C2CCOC2C)c1. The summed E-state index contributed by atoms with van der Waals surface area (Å²) >= 11 is 0. The molecule has 1 fully saturated rings. The van der Waals surface area contributed by atoms with Crippen LogP contribution in [-0.4, -0.2) is 40.5 Å². The molecule has 1 N–H and O–H groups in total. The average molecular weight is 313 g/mol. The van der Waals surface area contributed by atoms with Gasteiger partial charge in [-0.25, -0.2) is 8.42 Å². The largest absolute Gasteiger partial charge is 0.496 e. The molecule has 1 aliphatic heterocycles. The first-order valence-electron chi connectivity index (χ1n) is 7.11. The summed E-state index contributed by atoms with van der Waals surface area (Å²) in [5.74, 6) is 0.608. The van der Waals surface area contributed by atoms with Crippen LogP contribution in [0.3, 0.4) is 0 Å². The standard InChI is InChI=1S/C15H23NO4S/c1-11-15(6-7-20-11)21(17,18)10-13-8-12(9-16-2)4-5-14(13)19-3/h4-5,8,11,15-16H,6-7,9-10H2,1-3H3. The van der Waals surface area contributed by atoms with E-state index >= 15 is 0 Å². The van der Waals surface area contributed by atoms with Gasteiger partial charge in [0.2, 0.25) is 0 Å². The highest BCUT2D eigenvalue weighted by Gasteiger charge is 2.36. The van der Waals surface area contributed by atoms with Crippen molar-refractivity contribution in [3.8, 4) is 5.75 Å². The van der Waals surface area contributed by atoms with Gasteiger partial charge in [-0.1, -0.05) is 6.07 Å². The molecule has 0 aliphatic carbocycles. The summed E-state index contributed by atoms with van der Waals surface area (Å²) in [6.45, 7) is 3.03. The highest BCUT2D eigenvalue weighted by Crippen LogP contribution is 2.28. The van der Waals surface area contributed by atoms with Crippen LogP contribution >= 0.6 is 0 Å².